The third-order valence-corrected chi connectivity index (χ3v) is 6.20. The maximum absolute atomic E-state index is 11.8. The Bertz CT molecular complexity index is 540. The highest BCUT2D eigenvalue weighted by Crippen LogP contribution is 2.22. The Balaban J connectivity index is 1.57. The molecule has 1 amide bonds. The summed E-state index contributed by atoms with van der Waals surface area (Å²) in [5.74, 6) is -0.164. The monoisotopic (exact) mass is 397 g/mol. The number of hydrogen-bond donors (Lipinski definition) is 0. The van der Waals surface area contributed by atoms with E-state index in [1.165, 1.54) is 7.11 Å². The van der Waals surface area contributed by atoms with Gasteiger partial charge in [0.2, 0.25) is 0 Å². The van der Waals surface area contributed by atoms with Crippen LogP contribution in [0.3, 0.4) is 0 Å². The van der Waals surface area contributed by atoms with Crippen LogP contribution in [0.5, 0.6) is 0 Å². The molecular formula is C19H35N5O4. The largest absolute Gasteiger partial charge is 0.469 e. The van der Waals surface area contributed by atoms with Gasteiger partial charge >= 0.3 is 12.1 Å². The summed E-state index contributed by atoms with van der Waals surface area (Å²) in [6.07, 6.45) is 1.05. The third-order valence-electron chi connectivity index (χ3n) is 6.20. The Morgan fingerprint density at radius 1 is 1.04 bits per heavy atom. The van der Waals surface area contributed by atoms with Crippen LogP contribution in [0.15, 0.2) is 0 Å². The second-order valence-electron chi connectivity index (χ2n) is 8.17. The van der Waals surface area contributed by atoms with Gasteiger partial charge in [-0.1, -0.05) is 0 Å². The van der Waals surface area contributed by atoms with E-state index in [9.17, 15) is 9.59 Å². The molecule has 0 bridgehead atoms. The molecule has 2 atom stereocenters. The molecule has 3 heterocycles. The molecule has 3 fully saturated rings. The lowest BCUT2D eigenvalue weighted by Gasteiger charge is -2.44. The quantitative estimate of drug-likeness (QED) is 0.537. The van der Waals surface area contributed by atoms with Crippen molar-refractivity contribution in [2.24, 2.45) is 0 Å². The molecule has 9 heteroatoms. The van der Waals surface area contributed by atoms with Crippen LogP contribution in [0.2, 0.25) is 0 Å². The lowest BCUT2D eigenvalue weighted by molar-refractivity contribution is -0.141. The first kappa shape index (κ1) is 21.3. The van der Waals surface area contributed by atoms with Crippen molar-refractivity contribution in [2.45, 2.75) is 25.1 Å². The van der Waals surface area contributed by atoms with Crippen molar-refractivity contribution in [3.8, 4) is 0 Å². The Kier molecular flexibility index (Phi) is 7.50. The maximum Gasteiger partial charge on any atom is 0.411 e. The zero-order chi connectivity index (χ0) is 20.1. The molecule has 0 spiro atoms. The fourth-order valence-corrected chi connectivity index (χ4v) is 4.25. The van der Waals surface area contributed by atoms with Gasteiger partial charge in [-0.25, -0.2) is 4.79 Å². The lowest BCUT2D eigenvalue weighted by Crippen LogP contribution is -2.58. The molecule has 0 aromatic carbocycles. The highest BCUT2D eigenvalue weighted by Gasteiger charge is 2.39. The highest BCUT2D eigenvalue weighted by molar-refractivity contribution is 5.69. The number of carbonyl (C=O) groups is 2. The van der Waals surface area contributed by atoms with Crippen LogP contribution in [0.1, 0.15) is 12.8 Å². The molecular weight excluding hydrogens is 362 g/mol. The van der Waals surface area contributed by atoms with E-state index in [1.54, 1.807) is 11.9 Å². The Morgan fingerprint density at radius 3 is 2.39 bits per heavy atom. The SMILES string of the molecule is COC(=O)CCN1CCN(C2CN(C)C(=O)O2)C(CCN2CCN(C)CC2)C1. The zero-order valence-corrected chi connectivity index (χ0v) is 17.5. The highest BCUT2D eigenvalue weighted by atomic mass is 16.6. The standard InChI is InChI=1S/C19H35N5O4/c1-20-8-10-22(11-9-20)6-4-16-14-23(7-5-18(25)27-3)12-13-24(16)17-15-21(2)19(26)28-17/h16-17H,4-15H2,1-3H3. The van der Waals surface area contributed by atoms with Crippen LogP contribution < -0.4 is 0 Å². The number of piperazine rings is 2. The van der Waals surface area contributed by atoms with Crippen molar-refractivity contribution in [2.75, 3.05) is 86.7 Å². The average Bonchev–Trinajstić information content (AvgIpc) is 3.04. The smallest absolute Gasteiger partial charge is 0.411 e. The van der Waals surface area contributed by atoms with Crippen molar-refractivity contribution in [1.29, 1.82) is 0 Å². The molecule has 0 aromatic heterocycles. The summed E-state index contributed by atoms with van der Waals surface area (Å²) < 4.78 is 10.4. The molecule has 0 radical (unpaired) electrons. The predicted molar refractivity (Wildman–Crippen MR) is 105 cm³/mol. The van der Waals surface area contributed by atoms with Crippen LogP contribution in [-0.4, -0.2) is 135 Å². The van der Waals surface area contributed by atoms with Crippen molar-refractivity contribution < 1.29 is 19.1 Å². The minimum absolute atomic E-state index is 0.164. The first-order chi connectivity index (χ1) is 13.5. The first-order valence-corrected chi connectivity index (χ1v) is 10.3. The van der Waals surface area contributed by atoms with Crippen molar-refractivity contribution in [3.63, 3.8) is 0 Å². The number of esters is 1. The summed E-state index contributed by atoms with van der Waals surface area (Å²) in [6, 6.07) is 0.315. The fraction of sp³-hybridized carbons (Fsp3) is 0.895. The van der Waals surface area contributed by atoms with Crippen molar-refractivity contribution in [3.05, 3.63) is 0 Å². The number of ether oxygens (including phenoxy) is 2. The number of rotatable bonds is 7. The van der Waals surface area contributed by atoms with Crippen molar-refractivity contribution in [1.82, 2.24) is 24.5 Å². The van der Waals surface area contributed by atoms with Crippen LogP contribution in [-0.2, 0) is 14.3 Å². The normalized spacial score (nSPS) is 28.5. The van der Waals surface area contributed by atoms with Crippen LogP contribution in [0.4, 0.5) is 4.79 Å². The Labute approximate surface area is 168 Å². The number of likely N-dealkylation sites (N-methyl/N-ethyl adjacent to an activating group) is 2. The summed E-state index contributed by atoms with van der Waals surface area (Å²) in [4.78, 5) is 34.6. The summed E-state index contributed by atoms with van der Waals surface area (Å²) in [5.41, 5.74) is 0. The van der Waals surface area contributed by atoms with Crippen molar-refractivity contribution >= 4 is 12.1 Å². The number of methoxy groups -OCH3 is 1. The molecule has 0 aromatic rings. The fourth-order valence-electron chi connectivity index (χ4n) is 4.25. The van der Waals surface area contributed by atoms with Crippen LogP contribution >= 0.6 is 0 Å². The molecule has 3 aliphatic rings. The minimum Gasteiger partial charge on any atom is -0.469 e. The number of nitrogens with zero attached hydrogens (tertiary/aromatic N) is 5. The van der Waals surface area contributed by atoms with Gasteiger partial charge in [-0.2, -0.15) is 0 Å². The summed E-state index contributed by atoms with van der Waals surface area (Å²) >= 11 is 0. The molecule has 0 N–H and O–H groups in total. The molecule has 3 rings (SSSR count). The van der Waals surface area contributed by atoms with E-state index in [0.717, 1.165) is 65.3 Å². The van der Waals surface area contributed by atoms with Crippen LogP contribution in [0, 0.1) is 0 Å². The molecule has 0 saturated carbocycles. The molecule has 3 saturated heterocycles. The molecule has 3 aliphatic heterocycles. The second-order valence-corrected chi connectivity index (χ2v) is 8.17. The van der Waals surface area contributed by atoms with E-state index in [-0.39, 0.29) is 18.3 Å². The lowest BCUT2D eigenvalue weighted by atomic mass is 10.1. The second kappa shape index (κ2) is 9.87. The summed E-state index contributed by atoms with van der Waals surface area (Å²) in [6.45, 7) is 9.45. The van der Waals surface area contributed by atoms with E-state index in [2.05, 4.69) is 26.6 Å². The van der Waals surface area contributed by atoms with Gasteiger partial charge in [-0.3, -0.25) is 14.6 Å². The first-order valence-electron chi connectivity index (χ1n) is 10.3. The van der Waals surface area contributed by atoms with Gasteiger partial charge in [-0.15, -0.1) is 0 Å². The van der Waals surface area contributed by atoms with Crippen LogP contribution in [0.25, 0.3) is 0 Å². The number of cyclic esters (lactones) is 1. The molecule has 0 aliphatic carbocycles. The van der Waals surface area contributed by atoms with Gasteiger partial charge in [-0.05, 0) is 20.0 Å². The third kappa shape index (κ3) is 5.56. The van der Waals surface area contributed by atoms with Gasteiger partial charge < -0.3 is 24.2 Å². The molecule has 9 nitrogen and oxygen atoms in total. The van der Waals surface area contributed by atoms with Gasteiger partial charge in [0.15, 0.2) is 6.23 Å². The van der Waals surface area contributed by atoms with E-state index in [1.807, 2.05) is 0 Å². The number of carbonyl (C=O) groups excluding carboxylic acids is 2. The predicted octanol–water partition coefficient (Wildman–Crippen LogP) is -0.419. The van der Waals surface area contributed by atoms with E-state index < -0.39 is 0 Å². The van der Waals surface area contributed by atoms with Gasteiger partial charge in [0.05, 0.1) is 20.1 Å². The topological polar surface area (TPSA) is 68.8 Å². The van der Waals surface area contributed by atoms with Gasteiger partial charge in [0.25, 0.3) is 0 Å². The van der Waals surface area contributed by atoms with E-state index in [0.29, 0.717) is 19.0 Å². The Morgan fingerprint density at radius 2 is 1.75 bits per heavy atom. The number of amides is 1. The molecule has 2 unspecified atom stereocenters. The molecule has 28 heavy (non-hydrogen) atoms. The number of hydrogen-bond acceptors (Lipinski definition) is 8. The minimum atomic E-state index is -0.240. The summed E-state index contributed by atoms with van der Waals surface area (Å²) in [7, 11) is 5.39. The summed E-state index contributed by atoms with van der Waals surface area (Å²) in [5, 5.41) is 0. The van der Waals surface area contributed by atoms with E-state index in [4.69, 9.17) is 9.47 Å². The van der Waals surface area contributed by atoms with Gasteiger partial charge in [0.1, 0.15) is 0 Å². The van der Waals surface area contributed by atoms with E-state index >= 15 is 0 Å². The Hall–Kier alpha value is -1.42. The van der Waals surface area contributed by atoms with Gasteiger partial charge in [0, 0.05) is 65.4 Å². The molecule has 160 valence electrons. The zero-order valence-electron chi connectivity index (χ0n) is 17.5. The maximum atomic E-state index is 11.8. The average molecular weight is 398 g/mol.